The molecule has 4 rings (SSSR count). The summed E-state index contributed by atoms with van der Waals surface area (Å²) in [5, 5.41) is 2.85. The summed E-state index contributed by atoms with van der Waals surface area (Å²) < 4.78 is 7.47. The Morgan fingerprint density at radius 3 is 2.96 bits per heavy atom. The molecule has 0 aromatic carbocycles. The molecule has 0 saturated carbocycles. The van der Waals surface area contributed by atoms with Gasteiger partial charge in [-0.3, -0.25) is 14.0 Å². The zero-order chi connectivity index (χ0) is 18.1. The number of amides is 1. The van der Waals surface area contributed by atoms with Crippen LogP contribution in [0.1, 0.15) is 26.2 Å². The molecule has 7 heteroatoms. The molecule has 2 aliphatic rings. The molecule has 4 heterocycles. The molecule has 2 saturated heterocycles. The number of rotatable bonds is 3. The molecule has 0 aliphatic carbocycles. The fourth-order valence-electron chi connectivity index (χ4n) is 4.05. The molecule has 1 N–H and O–H groups in total. The minimum atomic E-state index is -0.0505. The van der Waals surface area contributed by atoms with Crippen LogP contribution in [0.15, 0.2) is 35.3 Å². The number of fused-ring (bicyclic) bond motifs is 1. The maximum atomic E-state index is 12.3. The predicted octanol–water partition coefficient (Wildman–Crippen LogP) is 1.21. The molecule has 2 aromatic heterocycles. The second-order valence-electron chi connectivity index (χ2n) is 7.44. The van der Waals surface area contributed by atoms with Crippen LogP contribution >= 0.6 is 0 Å². The van der Waals surface area contributed by atoms with E-state index >= 15 is 0 Å². The second-order valence-corrected chi connectivity index (χ2v) is 7.44. The van der Waals surface area contributed by atoms with Gasteiger partial charge in [-0.1, -0.05) is 6.07 Å². The number of carbonyl (C=O) groups excluding carboxylic acids is 1. The highest BCUT2D eigenvalue weighted by atomic mass is 16.5. The summed E-state index contributed by atoms with van der Waals surface area (Å²) in [5.41, 5.74) is 0.811. The number of piperidine rings is 1. The van der Waals surface area contributed by atoms with Crippen molar-refractivity contribution in [2.75, 3.05) is 31.1 Å². The molecule has 1 amide bonds. The minimum absolute atomic E-state index is 0.0157. The SMILES string of the molecule is CC(=O)NCC1CC2(CCN(c3cc(=O)n4ccccc4n3)CC2)CO1. The average molecular weight is 356 g/mol. The minimum Gasteiger partial charge on any atom is -0.376 e. The van der Waals surface area contributed by atoms with E-state index in [4.69, 9.17) is 4.74 Å². The van der Waals surface area contributed by atoms with E-state index in [-0.39, 0.29) is 23.0 Å². The second kappa shape index (κ2) is 6.72. The largest absolute Gasteiger partial charge is 0.376 e. The van der Waals surface area contributed by atoms with Crippen molar-refractivity contribution < 1.29 is 9.53 Å². The van der Waals surface area contributed by atoms with Gasteiger partial charge >= 0.3 is 0 Å². The summed E-state index contributed by atoms with van der Waals surface area (Å²) in [6.07, 6.45) is 4.85. The van der Waals surface area contributed by atoms with E-state index in [0.717, 1.165) is 44.8 Å². The Hall–Kier alpha value is -2.41. The van der Waals surface area contributed by atoms with Gasteiger partial charge in [0.15, 0.2) is 0 Å². The Balaban J connectivity index is 1.43. The molecule has 0 radical (unpaired) electrons. The van der Waals surface area contributed by atoms with Gasteiger partial charge in [0.25, 0.3) is 5.56 Å². The van der Waals surface area contributed by atoms with E-state index in [0.29, 0.717) is 12.2 Å². The number of hydrogen-bond acceptors (Lipinski definition) is 5. The Morgan fingerprint density at radius 2 is 2.19 bits per heavy atom. The third-order valence-electron chi connectivity index (χ3n) is 5.57. The number of ether oxygens (including phenoxy) is 1. The van der Waals surface area contributed by atoms with Gasteiger partial charge in [0.1, 0.15) is 11.5 Å². The van der Waals surface area contributed by atoms with Crippen LogP contribution < -0.4 is 15.8 Å². The average Bonchev–Trinajstić information content (AvgIpc) is 3.03. The van der Waals surface area contributed by atoms with Gasteiger partial charge in [-0.15, -0.1) is 0 Å². The Bertz CT molecular complexity index is 870. The van der Waals surface area contributed by atoms with E-state index in [1.807, 2.05) is 18.2 Å². The summed E-state index contributed by atoms with van der Waals surface area (Å²) in [5.74, 6) is 0.739. The van der Waals surface area contributed by atoms with Crippen molar-refractivity contribution in [3.63, 3.8) is 0 Å². The molecule has 2 fully saturated rings. The lowest BCUT2D eigenvalue weighted by molar-refractivity contribution is -0.119. The number of pyridine rings is 1. The van der Waals surface area contributed by atoms with Crippen molar-refractivity contribution in [1.29, 1.82) is 0 Å². The van der Waals surface area contributed by atoms with Crippen molar-refractivity contribution >= 4 is 17.4 Å². The van der Waals surface area contributed by atoms with Crippen molar-refractivity contribution in [3.05, 3.63) is 40.8 Å². The maximum Gasteiger partial charge on any atom is 0.259 e. The van der Waals surface area contributed by atoms with Crippen molar-refractivity contribution in [2.45, 2.75) is 32.3 Å². The number of hydrogen-bond donors (Lipinski definition) is 1. The maximum absolute atomic E-state index is 12.3. The number of nitrogens with zero attached hydrogens (tertiary/aromatic N) is 3. The van der Waals surface area contributed by atoms with Crippen molar-refractivity contribution in [3.8, 4) is 0 Å². The first-order valence-electron chi connectivity index (χ1n) is 9.14. The summed E-state index contributed by atoms with van der Waals surface area (Å²) >= 11 is 0. The lowest BCUT2D eigenvalue weighted by Gasteiger charge is -2.39. The van der Waals surface area contributed by atoms with E-state index < -0.39 is 0 Å². The molecule has 138 valence electrons. The van der Waals surface area contributed by atoms with Gasteiger partial charge in [-0.05, 0) is 36.8 Å². The molecular formula is C19H24N4O3. The molecule has 7 nitrogen and oxygen atoms in total. The van der Waals surface area contributed by atoms with E-state index in [2.05, 4.69) is 15.2 Å². The van der Waals surface area contributed by atoms with Crippen LogP contribution in [0, 0.1) is 5.41 Å². The third kappa shape index (κ3) is 3.31. The van der Waals surface area contributed by atoms with Crippen LogP contribution in [-0.2, 0) is 9.53 Å². The lowest BCUT2D eigenvalue weighted by Crippen LogP contribution is -2.41. The molecule has 2 aromatic rings. The first-order chi connectivity index (χ1) is 12.5. The lowest BCUT2D eigenvalue weighted by atomic mass is 9.76. The fraction of sp³-hybridized carbons (Fsp3) is 0.526. The predicted molar refractivity (Wildman–Crippen MR) is 98.4 cm³/mol. The number of aromatic nitrogens is 2. The van der Waals surface area contributed by atoms with Crippen LogP contribution in [0.5, 0.6) is 0 Å². The van der Waals surface area contributed by atoms with Crippen molar-refractivity contribution in [2.24, 2.45) is 5.41 Å². The molecule has 1 spiro atoms. The van der Waals surface area contributed by atoms with Crippen LogP contribution in [0.2, 0.25) is 0 Å². The monoisotopic (exact) mass is 356 g/mol. The van der Waals surface area contributed by atoms with Crippen molar-refractivity contribution in [1.82, 2.24) is 14.7 Å². The molecule has 1 unspecified atom stereocenters. The van der Waals surface area contributed by atoms with Crippen LogP contribution in [0.4, 0.5) is 5.82 Å². The standard InChI is InChI=1S/C19H24N4O3/c1-14(24)20-12-15-11-19(13-26-15)5-8-22(9-6-19)17-10-18(25)23-7-3-2-4-16(23)21-17/h2-4,7,10,15H,5-6,8-9,11-13H2,1H3,(H,20,24). The zero-order valence-electron chi connectivity index (χ0n) is 15.0. The van der Waals surface area contributed by atoms with Gasteiger partial charge in [-0.2, -0.15) is 0 Å². The fourth-order valence-corrected chi connectivity index (χ4v) is 4.05. The summed E-state index contributed by atoms with van der Waals surface area (Å²) in [4.78, 5) is 30.2. The highest BCUT2D eigenvalue weighted by Gasteiger charge is 2.42. The summed E-state index contributed by atoms with van der Waals surface area (Å²) in [6, 6.07) is 7.20. The number of nitrogens with one attached hydrogen (secondary N) is 1. The van der Waals surface area contributed by atoms with E-state index in [1.165, 1.54) is 6.92 Å². The van der Waals surface area contributed by atoms with E-state index in [9.17, 15) is 9.59 Å². The molecule has 2 aliphatic heterocycles. The summed E-state index contributed by atoms with van der Waals surface area (Å²) in [6.45, 7) is 4.60. The smallest absolute Gasteiger partial charge is 0.259 e. The number of anilines is 1. The van der Waals surface area contributed by atoms with Gasteiger partial charge in [0.2, 0.25) is 5.91 Å². The van der Waals surface area contributed by atoms with Crippen LogP contribution in [-0.4, -0.2) is 47.6 Å². The molecule has 0 bridgehead atoms. The first-order valence-corrected chi connectivity index (χ1v) is 9.14. The normalized spacial score (nSPS) is 22.0. The summed E-state index contributed by atoms with van der Waals surface area (Å²) in [7, 11) is 0. The third-order valence-corrected chi connectivity index (χ3v) is 5.57. The Labute approximate surface area is 152 Å². The molecule has 26 heavy (non-hydrogen) atoms. The first kappa shape index (κ1) is 17.0. The van der Waals surface area contributed by atoms with Crippen LogP contribution in [0.25, 0.3) is 5.65 Å². The molecule has 1 atom stereocenters. The topological polar surface area (TPSA) is 75.9 Å². The van der Waals surface area contributed by atoms with Gasteiger partial charge < -0.3 is 15.0 Å². The molecular weight excluding hydrogens is 332 g/mol. The Morgan fingerprint density at radius 1 is 1.38 bits per heavy atom. The van der Waals surface area contributed by atoms with Gasteiger partial charge in [0, 0.05) is 38.8 Å². The highest BCUT2D eigenvalue weighted by molar-refractivity contribution is 5.72. The quantitative estimate of drug-likeness (QED) is 0.895. The van der Waals surface area contributed by atoms with Gasteiger partial charge in [0.05, 0.1) is 12.7 Å². The highest BCUT2D eigenvalue weighted by Crippen LogP contribution is 2.42. The van der Waals surface area contributed by atoms with E-state index in [1.54, 1.807) is 16.7 Å². The van der Waals surface area contributed by atoms with Gasteiger partial charge in [-0.25, -0.2) is 4.98 Å². The zero-order valence-corrected chi connectivity index (χ0v) is 15.0. The number of carbonyl (C=O) groups is 1. The Kier molecular flexibility index (Phi) is 4.40. The van der Waals surface area contributed by atoms with Crippen LogP contribution in [0.3, 0.4) is 0 Å².